The zero-order valence-electron chi connectivity index (χ0n) is 16.6. The summed E-state index contributed by atoms with van der Waals surface area (Å²) in [7, 11) is 3.47. The minimum absolute atomic E-state index is 0.108. The zero-order chi connectivity index (χ0) is 20.6. The lowest BCUT2D eigenvalue weighted by molar-refractivity contribution is -0.118. The minimum atomic E-state index is -0.262. The number of nitrogens with zero attached hydrogens (tertiary/aromatic N) is 2. The number of likely N-dealkylation sites (N-methyl/N-ethyl adjacent to an activating group) is 1. The molecule has 8 heteroatoms. The molecule has 1 heterocycles. The SMILES string of the molecule is CNC(C)Cc1noc(-c2ccc(OCC(=O)Nc3cccc(OC)c3)cc2)n1. The zero-order valence-corrected chi connectivity index (χ0v) is 16.6. The van der Waals surface area contributed by atoms with Crippen LogP contribution in [0.1, 0.15) is 12.7 Å². The van der Waals surface area contributed by atoms with Crippen molar-refractivity contribution < 1.29 is 18.8 Å². The van der Waals surface area contributed by atoms with Crippen LogP contribution in [0.4, 0.5) is 5.69 Å². The molecule has 0 bridgehead atoms. The van der Waals surface area contributed by atoms with E-state index in [1.54, 1.807) is 43.5 Å². The van der Waals surface area contributed by atoms with Gasteiger partial charge in [-0.3, -0.25) is 4.79 Å². The molecule has 0 radical (unpaired) electrons. The van der Waals surface area contributed by atoms with E-state index in [0.29, 0.717) is 35.3 Å². The number of nitrogens with one attached hydrogen (secondary N) is 2. The molecule has 0 saturated carbocycles. The quantitative estimate of drug-likeness (QED) is 0.574. The number of methoxy groups -OCH3 is 1. The van der Waals surface area contributed by atoms with E-state index >= 15 is 0 Å². The van der Waals surface area contributed by atoms with Crippen molar-refractivity contribution in [3.63, 3.8) is 0 Å². The lowest BCUT2D eigenvalue weighted by Crippen LogP contribution is -2.24. The van der Waals surface area contributed by atoms with Crippen molar-refractivity contribution in [2.45, 2.75) is 19.4 Å². The summed E-state index contributed by atoms with van der Waals surface area (Å²) in [6.07, 6.45) is 0.684. The first-order valence-corrected chi connectivity index (χ1v) is 9.24. The molecule has 3 rings (SSSR count). The molecule has 152 valence electrons. The predicted octanol–water partition coefficient (Wildman–Crippen LogP) is 2.91. The normalized spacial score (nSPS) is 11.7. The largest absolute Gasteiger partial charge is 0.497 e. The van der Waals surface area contributed by atoms with Crippen LogP contribution < -0.4 is 20.1 Å². The fourth-order valence-electron chi connectivity index (χ4n) is 2.57. The van der Waals surface area contributed by atoms with Crippen LogP contribution in [0.3, 0.4) is 0 Å². The van der Waals surface area contributed by atoms with Crippen molar-refractivity contribution in [3.05, 3.63) is 54.4 Å². The van der Waals surface area contributed by atoms with Gasteiger partial charge < -0.3 is 24.6 Å². The van der Waals surface area contributed by atoms with Crippen LogP contribution in [0.15, 0.2) is 53.1 Å². The second-order valence-electron chi connectivity index (χ2n) is 6.50. The van der Waals surface area contributed by atoms with E-state index in [-0.39, 0.29) is 18.6 Å². The monoisotopic (exact) mass is 396 g/mol. The number of hydrogen-bond donors (Lipinski definition) is 2. The lowest BCUT2D eigenvalue weighted by atomic mass is 10.2. The van der Waals surface area contributed by atoms with Crippen LogP contribution in [-0.2, 0) is 11.2 Å². The van der Waals surface area contributed by atoms with Crippen LogP contribution in [0, 0.1) is 0 Å². The maximum atomic E-state index is 12.1. The predicted molar refractivity (Wildman–Crippen MR) is 109 cm³/mol. The van der Waals surface area contributed by atoms with Crippen molar-refractivity contribution in [3.8, 4) is 23.0 Å². The summed E-state index contributed by atoms with van der Waals surface area (Å²) in [4.78, 5) is 16.5. The van der Waals surface area contributed by atoms with Crippen molar-refractivity contribution in [1.82, 2.24) is 15.5 Å². The van der Waals surface area contributed by atoms with Gasteiger partial charge in [-0.1, -0.05) is 11.2 Å². The van der Waals surface area contributed by atoms with Gasteiger partial charge in [0.05, 0.1) is 7.11 Å². The highest BCUT2D eigenvalue weighted by Gasteiger charge is 2.11. The van der Waals surface area contributed by atoms with Crippen molar-refractivity contribution >= 4 is 11.6 Å². The van der Waals surface area contributed by atoms with Crippen molar-refractivity contribution in [1.29, 1.82) is 0 Å². The Morgan fingerprint density at radius 1 is 1.17 bits per heavy atom. The maximum Gasteiger partial charge on any atom is 0.262 e. The average molecular weight is 396 g/mol. The Labute approximate surface area is 169 Å². The standard InChI is InChI=1S/C21H24N4O4/c1-14(22-2)11-19-24-21(29-25-19)15-7-9-17(10-8-15)28-13-20(26)23-16-5-4-6-18(12-16)27-3/h4-10,12,14,22H,11,13H2,1-3H3,(H,23,26). The summed E-state index contributed by atoms with van der Waals surface area (Å²) < 4.78 is 16.0. The molecule has 1 unspecified atom stereocenters. The first kappa shape index (κ1) is 20.3. The number of rotatable bonds is 9. The van der Waals surface area contributed by atoms with E-state index < -0.39 is 0 Å². The minimum Gasteiger partial charge on any atom is -0.497 e. The molecular weight excluding hydrogens is 372 g/mol. The van der Waals surface area contributed by atoms with Gasteiger partial charge in [-0.25, -0.2) is 0 Å². The Morgan fingerprint density at radius 2 is 1.97 bits per heavy atom. The van der Waals surface area contributed by atoms with Crippen molar-refractivity contribution in [2.24, 2.45) is 0 Å². The van der Waals surface area contributed by atoms with E-state index in [0.717, 1.165) is 5.56 Å². The Bertz CT molecular complexity index is 940. The van der Waals surface area contributed by atoms with Gasteiger partial charge in [0.15, 0.2) is 12.4 Å². The van der Waals surface area contributed by atoms with E-state index in [1.165, 1.54) is 0 Å². The Kier molecular flexibility index (Phi) is 6.80. The highest BCUT2D eigenvalue weighted by Crippen LogP contribution is 2.21. The molecule has 0 aliphatic carbocycles. The molecule has 3 aromatic rings. The summed E-state index contributed by atoms with van der Waals surface area (Å²) in [6.45, 7) is 1.94. The highest BCUT2D eigenvalue weighted by atomic mass is 16.5. The highest BCUT2D eigenvalue weighted by molar-refractivity contribution is 5.92. The van der Waals surface area contributed by atoms with Gasteiger partial charge in [-0.05, 0) is 50.4 Å². The molecular formula is C21H24N4O4. The Balaban J connectivity index is 1.53. The second-order valence-corrected chi connectivity index (χ2v) is 6.50. The first-order valence-electron chi connectivity index (χ1n) is 9.24. The lowest BCUT2D eigenvalue weighted by Gasteiger charge is -2.08. The molecule has 29 heavy (non-hydrogen) atoms. The molecule has 1 atom stereocenters. The molecule has 0 saturated heterocycles. The summed E-state index contributed by atoms with van der Waals surface area (Å²) in [5.74, 6) is 2.08. The Hall–Kier alpha value is -3.39. The third kappa shape index (κ3) is 5.79. The maximum absolute atomic E-state index is 12.1. The van der Waals surface area contributed by atoms with Crippen LogP contribution >= 0.6 is 0 Å². The number of benzene rings is 2. The van der Waals surface area contributed by atoms with Gasteiger partial charge in [-0.2, -0.15) is 4.98 Å². The van der Waals surface area contributed by atoms with Gasteiger partial charge >= 0.3 is 0 Å². The molecule has 2 aromatic carbocycles. The third-order valence-electron chi connectivity index (χ3n) is 4.27. The molecule has 8 nitrogen and oxygen atoms in total. The van der Waals surface area contributed by atoms with Crippen LogP contribution in [-0.4, -0.2) is 42.9 Å². The van der Waals surface area contributed by atoms with Gasteiger partial charge in [0.1, 0.15) is 11.5 Å². The smallest absolute Gasteiger partial charge is 0.262 e. The number of ether oxygens (including phenoxy) is 2. The Morgan fingerprint density at radius 3 is 2.69 bits per heavy atom. The van der Waals surface area contributed by atoms with Crippen LogP contribution in [0.25, 0.3) is 11.5 Å². The molecule has 0 aliphatic heterocycles. The fourth-order valence-corrected chi connectivity index (χ4v) is 2.57. The number of hydrogen-bond acceptors (Lipinski definition) is 7. The molecule has 1 amide bonds. The number of carbonyl (C=O) groups excluding carboxylic acids is 1. The van der Waals surface area contributed by atoms with Gasteiger partial charge in [0.25, 0.3) is 11.8 Å². The van der Waals surface area contributed by atoms with E-state index in [9.17, 15) is 4.79 Å². The van der Waals surface area contributed by atoms with Gasteiger partial charge in [-0.15, -0.1) is 0 Å². The molecule has 2 N–H and O–H groups in total. The fraction of sp³-hybridized carbons (Fsp3) is 0.286. The molecule has 0 spiro atoms. The summed E-state index contributed by atoms with van der Waals surface area (Å²) in [5, 5.41) is 9.90. The van der Waals surface area contributed by atoms with Crippen molar-refractivity contribution in [2.75, 3.05) is 26.1 Å². The average Bonchev–Trinajstić information content (AvgIpc) is 3.21. The number of anilines is 1. The topological polar surface area (TPSA) is 98.5 Å². The summed E-state index contributed by atoms with van der Waals surface area (Å²) in [6, 6.07) is 14.5. The first-order chi connectivity index (χ1) is 14.1. The van der Waals surface area contributed by atoms with Crippen LogP contribution in [0.2, 0.25) is 0 Å². The van der Waals surface area contributed by atoms with Crippen LogP contribution in [0.5, 0.6) is 11.5 Å². The van der Waals surface area contributed by atoms with Gasteiger partial charge in [0.2, 0.25) is 0 Å². The second kappa shape index (κ2) is 9.70. The third-order valence-corrected chi connectivity index (χ3v) is 4.27. The number of carbonyl (C=O) groups is 1. The van der Waals surface area contributed by atoms with Gasteiger partial charge in [0, 0.05) is 29.8 Å². The molecule has 0 aliphatic rings. The molecule has 0 fully saturated rings. The van der Waals surface area contributed by atoms with E-state index in [4.69, 9.17) is 14.0 Å². The summed E-state index contributed by atoms with van der Waals surface area (Å²) >= 11 is 0. The van der Waals surface area contributed by atoms with E-state index in [2.05, 4.69) is 20.8 Å². The number of aromatic nitrogens is 2. The number of amides is 1. The molecule has 1 aromatic heterocycles. The summed E-state index contributed by atoms with van der Waals surface area (Å²) in [5.41, 5.74) is 1.43. The van der Waals surface area contributed by atoms with E-state index in [1.807, 2.05) is 26.1 Å².